The van der Waals surface area contributed by atoms with Crippen molar-refractivity contribution in [2.24, 2.45) is 5.92 Å². The zero-order valence-corrected chi connectivity index (χ0v) is 15.1. The highest BCUT2D eigenvalue weighted by atomic mass is 16.5. The zero-order valence-electron chi connectivity index (χ0n) is 15.1. The van der Waals surface area contributed by atoms with E-state index >= 15 is 0 Å². The number of methoxy groups -OCH3 is 1. The third-order valence-electron chi connectivity index (χ3n) is 4.69. The molecule has 6 nitrogen and oxygen atoms in total. The molecule has 1 fully saturated rings. The van der Waals surface area contributed by atoms with Gasteiger partial charge in [0.05, 0.1) is 13.2 Å². The maximum Gasteiger partial charge on any atom is 0.354 e. The molecule has 1 aliphatic carbocycles. The minimum atomic E-state index is -0.545. The van der Waals surface area contributed by atoms with Gasteiger partial charge in [0.1, 0.15) is 5.69 Å². The van der Waals surface area contributed by atoms with Gasteiger partial charge in [-0.05, 0) is 45.1 Å². The number of carbonyl (C=O) groups excluding carboxylic acids is 3. The van der Waals surface area contributed by atoms with Gasteiger partial charge < -0.3 is 14.6 Å². The third kappa shape index (κ3) is 3.52. The summed E-state index contributed by atoms with van der Waals surface area (Å²) >= 11 is 0. The summed E-state index contributed by atoms with van der Waals surface area (Å²) in [5.41, 5.74) is 1.97. The van der Waals surface area contributed by atoms with Crippen LogP contribution in [0.2, 0.25) is 0 Å². The molecule has 0 aromatic carbocycles. The SMILES string of the molecule is CCC(=O)N(CC1CC1)[C@H](C)C(=O)c1c(C)[nH]c(C(=O)OC)c1C. The quantitative estimate of drug-likeness (QED) is 0.614. The van der Waals surface area contributed by atoms with E-state index in [9.17, 15) is 14.4 Å². The number of H-pyrrole nitrogens is 1. The van der Waals surface area contributed by atoms with E-state index in [0.717, 1.165) is 12.8 Å². The topological polar surface area (TPSA) is 79.5 Å². The molecular weight excluding hydrogens is 308 g/mol. The summed E-state index contributed by atoms with van der Waals surface area (Å²) in [6, 6.07) is -0.545. The number of aromatic amines is 1. The fourth-order valence-electron chi connectivity index (χ4n) is 3.03. The molecule has 1 atom stereocenters. The lowest BCUT2D eigenvalue weighted by Crippen LogP contribution is -2.44. The van der Waals surface area contributed by atoms with Gasteiger partial charge in [-0.2, -0.15) is 0 Å². The number of nitrogens with one attached hydrogen (secondary N) is 1. The van der Waals surface area contributed by atoms with Crippen LogP contribution >= 0.6 is 0 Å². The number of nitrogens with zero attached hydrogens (tertiary/aromatic N) is 1. The van der Waals surface area contributed by atoms with Crippen LogP contribution in [0.3, 0.4) is 0 Å². The Kier molecular flexibility index (Phi) is 5.47. The second-order valence-electron chi connectivity index (χ2n) is 6.50. The molecule has 6 heteroatoms. The van der Waals surface area contributed by atoms with E-state index in [1.807, 2.05) is 6.92 Å². The van der Waals surface area contributed by atoms with Gasteiger partial charge in [0.15, 0.2) is 5.78 Å². The van der Waals surface area contributed by atoms with Gasteiger partial charge in [-0.1, -0.05) is 6.92 Å². The molecule has 132 valence electrons. The van der Waals surface area contributed by atoms with Crippen molar-refractivity contribution in [3.63, 3.8) is 0 Å². The van der Waals surface area contributed by atoms with Crippen LogP contribution in [0.15, 0.2) is 0 Å². The van der Waals surface area contributed by atoms with Gasteiger partial charge >= 0.3 is 5.97 Å². The van der Waals surface area contributed by atoms with Crippen molar-refractivity contribution in [3.05, 3.63) is 22.5 Å². The van der Waals surface area contributed by atoms with Crippen LogP contribution in [0.25, 0.3) is 0 Å². The Morgan fingerprint density at radius 1 is 1.29 bits per heavy atom. The van der Waals surface area contributed by atoms with Gasteiger partial charge in [0, 0.05) is 24.2 Å². The molecule has 0 spiro atoms. The van der Waals surface area contributed by atoms with Crippen LogP contribution < -0.4 is 0 Å². The molecule has 0 aliphatic heterocycles. The number of aromatic nitrogens is 1. The normalized spacial score (nSPS) is 15.0. The fourth-order valence-corrected chi connectivity index (χ4v) is 3.03. The smallest absolute Gasteiger partial charge is 0.354 e. The molecule has 1 N–H and O–H groups in total. The molecule has 1 aliphatic rings. The standard InChI is InChI=1S/C18H26N2O4/c1-6-14(21)20(9-13-7-8-13)12(4)17(22)15-10(2)16(18(23)24-5)19-11(15)3/h12-13,19H,6-9H2,1-5H3/t12-/m1/s1. The number of Topliss-reactive ketones (excluding diaryl/α,β-unsaturated/α-hetero) is 1. The van der Waals surface area contributed by atoms with E-state index in [1.165, 1.54) is 7.11 Å². The van der Waals surface area contributed by atoms with E-state index in [0.29, 0.717) is 41.4 Å². The molecule has 0 radical (unpaired) electrons. The van der Waals surface area contributed by atoms with E-state index in [1.54, 1.807) is 25.7 Å². The zero-order chi connectivity index (χ0) is 18.0. The molecule has 1 heterocycles. The van der Waals surface area contributed by atoms with Crippen molar-refractivity contribution in [2.45, 2.75) is 53.0 Å². The van der Waals surface area contributed by atoms with Crippen molar-refractivity contribution in [1.82, 2.24) is 9.88 Å². The highest BCUT2D eigenvalue weighted by Gasteiger charge is 2.34. The Balaban J connectivity index is 2.30. The van der Waals surface area contributed by atoms with Gasteiger partial charge in [-0.3, -0.25) is 9.59 Å². The van der Waals surface area contributed by atoms with Crippen LogP contribution in [0.1, 0.15) is 65.2 Å². The molecule has 1 saturated carbocycles. The summed E-state index contributed by atoms with van der Waals surface area (Å²) in [4.78, 5) is 41.7. The maximum absolute atomic E-state index is 13.0. The van der Waals surface area contributed by atoms with Crippen molar-refractivity contribution < 1.29 is 19.1 Å². The Morgan fingerprint density at radius 3 is 2.42 bits per heavy atom. The number of ketones is 1. The average Bonchev–Trinajstić information content (AvgIpc) is 3.34. The molecule has 2 rings (SSSR count). The lowest BCUT2D eigenvalue weighted by Gasteiger charge is -2.28. The first-order valence-electron chi connectivity index (χ1n) is 8.42. The minimum Gasteiger partial charge on any atom is -0.464 e. The number of hydrogen-bond donors (Lipinski definition) is 1. The third-order valence-corrected chi connectivity index (χ3v) is 4.69. The summed E-state index contributed by atoms with van der Waals surface area (Å²) in [6.45, 7) is 7.68. The van der Waals surface area contributed by atoms with E-state index in [4.69, 9.17) is 4.74 Å². The largest absolute Gasteiger partial charge is 0.464 e. The van der Waals surface area contributed by atoms with Crippen molar-refractivity contribution in [2.75, 3.05) is 13.7 Å². The first kappa shape index (κ1) is 18.2. The van der Waals surface area contributed by atoms with Gasteiger partial charge in [-0.25, -0.2) is 4.79 Å². The molecule has 1 amide bonds. The van der Waals surface area contributed by atoms with Crippen LogP contribution in [-0.4, -0.2) is 47.2 Å². The number of amides is 1. The predicted octanol–water partition coefficient (Wildman–Crippen LogP) is 2.64. The Labute approximate surface area is 142 Å². The first-order chi connectivity index (χ1) is 11.3. The first-order valence-corrected chi connectivity index (χ1v) is 8.42. The van der Waals surface area contributed by atoms with E-state index < -0.39 is 12.0 Å². The Morgan fingerprint density at radius 2 is 1.92 bits per heavy atom. The summed E-state index contributed by atoms with van der Waals surface area (Å²) in [5.74, 6) is -0.141. The van der Waals surface area contributed by atoms with Crippen LogP contribution in [0.5, 0.6) is 0 Å². The van der Waals surface area contributed by atoms with E-state index in [-0.39, 0.29) is 11.7 Å². The minimum absolute atomic E-state index is 0.0122. The number of carbonyl (C=O) groups is 3. The predicted molar refractivity (Wildman–Crippen MR) is 90.1 cm³/mol. The van der Waals surface area contributed by atoms with Gasteiger partial charge in [0.25, 0.3) is 0 Å². The monoisotopic (exact) mass is 334 g/mol. The molecule has 0 saturated heterocycles. The van der Waals surface area contributed by atoms with Crippen LogP contribution in [0, 0.1) is 19.8 Å². The number of rotatable bonds is 7. The number of esters is 1. The summed E-state index contributed by atoms with van der Waals surface area (Å²) in [5, 5.41) is 0. The second kappa shape index (κ2) is 7.20. The molecular formula is C18H26N2O4. The van der Waals surface area contributed by atoms with Gasteiger partial charge in [-0.15, -0.1) is 0 Å². The summed E-state index contributed by atoms with van der Waals surface area (Å²) in [7, 11) is 1.30. The molecule has 0 unspecified atom stereocenters. The average molecular weight is 334 g/mol. The fraction of sp³-hybridized carbons (Fsp3) is 0.611. The molecule has 1 aromatic heterocycles. The number of ether oxygens (including phenoxy) is 1. The highest BCUT2D eigenvalue weighted by Crippen LogP contribution is 2.31. The number of hydrogen-bond acceptors (Lipinski definition) is 4. The van der Waals surface area contributed by atoms with Crippen molar-refractivity contribution >= 4 is 17.7 Å². The summed E-state index contributed by atoms with van der Waals surface area (Å²) < 4.78 is 4.74. The Bertz CT molecular complexity index is 658. The summed E-state index contributed by atoms with van der Waals surface area (Å²) in [6.07, 6.45) is 2.61. The molecule has 0 bridgehead atoms. The molecule has 1 aromatic rings. The lowest BCUT2D eigenvalue weighted by molar-refractivity contribution is -0.132. The van der Waals surface area contributed by atoms with Gasteiger partial charge in [0.2, 0.25) is 5.91 Å². The highest BCUT2D eigenvalue weighted by molar-refractivity contribution is 6.06. The molecule has 24 heavy (non-hydrogen) atoms. The van der Waals surface area contributed by atoms with Crippen LogP contribution in [0.4, 0.5) is 0 Å². The van der Waals surface area contributed by atoms with Crippen molar-refractivity contribution in [3.8, 4) is 0 Å². The lowest BCUT2D eigenvalue weighted by atomic mass is 9.99. The maximum atomic E-state index is 13.0. The van der Waals surface area contributed by atoms with Crippen LogP contribution in [-0.2, 0) is 9.53 Å². The van der Waals surface area contributed by atoms with Crippen molar-refractivity contribution in [1.29, 1.82) is 0 Å². The van der Waals surface area contributed by atoms with E-state index in [2.05, 4.69) is 4.98 Å². The second-order valence-corrected chi connectivity index (χ2v) is 6.50. The number of aryl methyl sites for hydroxylation is 1. The Hall–Kier alpha value is -2.11.